The van der Waals surface area contributed by atoms with Gasteiger partial charge in [0.2, 0.25) is 5.91 Å². The molecular weight excluding hydrogens is 259 g/mol. The second-order valence-corrected chi connectivity index (χ2v) is 3.16. The molecule has 9 heteroatoms. The maximum absolute atomic E-state index is 12.8. The summed E-state index contributed by atoms with van der Waals surface area (Å²) in [7, 11) is 0. The first-order valence-corrected chi connectivity index (χ1v) is 4.10. The first-order valence-electron chi connectivity index (χ1n) is 4.10. The second kappa shape index (κ2) is 4.92. The first kappa shape index (κ1) is 15.7. The van der Waals surface area contributed by atoms with Crippen LogP contribution in [0.25, 0.3) is 0 Å². The van der Waals surface area contributed by atoms with Crippen molar-refractivity contribution in [2.45, 2.75) is 31.4 Å². The van der Waals surface area contributed by atoms with Crippen LogP contribution in [0.15, 0.2) is 11.6 Å². The monoisotopic (exact) mass is 267 g/mol. The zero-order valence-corrected chi connectivity index (χ0v) is 8.36. The molecule has 0 heterocycles. The van der Waals surface area contributed by atoms with Gasteiger partial charge in [-0.2, -0.15) is 17.6 Å². The van der Waals surface area contributed by atoms with E-state index >= 15 is 0 Å². The van der Waals surface area contributed by atoms with E-state index in [9.17, 15) is 35.5 Å². The van der Waals surface area contributed by atoms with Crippen LogP contribution in [0.5, 0.6) is 0 Å². The Kier molecular flexibility index (Phi) is 4.55. The highest BCUT2D eigenvalue weighted by atomic mass is 19.3. The fraction of sp³-hybridized carbons (Fsp3) is 0.625. The van der Waals surface area contributed by atoms with E-state index in [-0.39, 0.29) is 6.08 Å². The molecule has 1 amide bonds. The van der Waals surface area contributed by atoms with Gasteiger partial charge in [-0.05, 0) is 13.0 Å². The van der Waals surface area contributed by atoms with Crippen molar-refractivity contribution < 1.29 is 35.5 Å². The normalized spacial score (nSPS) is 16.2. The summed E-state index contributed by atoms with van der Waals surface area (Å²) in [6.07, 6.45) is -8.71. The molecule has 100 valence electrons. The Balaban J connectivity index is 5.21. The third kappa shape index (κ3) is 3.10. The molecule has 0 aromatic rings. The van der Waals surface area contributed by atoms with Gasteiger partial charge >= 0.3 is 18.3 Å². The summed E-state index contributed by atoms with van der Waals surface area (Å²) >= 11 is 0. The number of amides is 1. The minimum Gasteiger partial charge on any atom is -0.366 e. The molecule has 0 aromatic heterocycles. The lowest BCUT2D eigenvalue weighted by Crippen LogP contribution is -2.52. The van der Waals surface area contributed by atoms with E-state index in [4.69, 9.17) is 0 Å². The molecule has 0 saturated carbocycles. The highest BCUT2D eigenvalue weighted by Crippen LogP contribution is 2.43. The maximum atomic E-state index is 12.8. The summed E-state index contributed by atoms with van der Waals surface area (Å²) < 4.78 is 86.1. The number of carbonyl (C=O) groups is 1. The van der Waals surface area contributed by atoms with E-state index in [0.717, 1.165) is 6.92 Å². The number of allylic oxidation sites excluding steroid dienone is 1. The largest absolute Gasteiger partial charge is 0.372 e. The molecule has 1 unspecified atom stereocenters. The molecule has 0 spiro atoms. The summed E-state index contributed by atoms with van der Waals surface area (Å²) in [5.41, 5.74) is 3.77. The molecule has 2 nitrogen and oxygen atoms in total. The number of hydrogen-bond acceptors (Lipinski definition) is 1. The molecule has 0 saturated heterocycles. The lowest BCUT2D eigenvalue weighted by atomic mass is 10.0. The van der Waals surface area contributed by atoms with Gasteiger partial charge in [0.1, 0.15) is 0 Å². The third-order valence-corrected chi connectivity index (χ3v) is 1.85. The van der Waals surface area contributed by atoms with E-state index in [2.05, 4.69) is 5.73 Å². The summed E-state index contributed by atoms with van der Waals surface area (Å²) in [6.45, 7) is 0.783. The highest BCUT2D eigenvalue weighted by molar-refractivity contribution is 5.91. The molecule has 0 fully saturated rings. The van der Waals surface area contributed by atoms with Gasteiger partial charge in [-0.3, -0.25) is 4.79 Å². The van der Waals surface area contributed by atoms with E-state index in [1.165, 1.54) is 0 Å². The number of nitrogens with two attached hydrogens (primary N) is 1. The number of halogens is 7. The first-order chi connectivity index (χ1) is 7.44. The standard InChI is InChI=1S/C8H8F7NO/c1-3(5(16)17)2-4(9)7(12,13)8(14,15)6(10)11/h2,4,6H,1H3,(H2,16,17). The smallest absolute Gasteiger partial charge is 0.366 e. The van der Waals surface area contributed by atoms with Crippen LogP contribution in [0.4, 0.5) is 30.7 Å². The average Bonchev–Trinajstić information content (AvgIpc) is 2.16. The second-order valence-electron chi connectivity index (χ2n) is 3.16. The Hall–Kier alpha value is -1.28. The Bertz CT molecular complexity index is 326. The average molecular weight is 267 g/mol. The van der Waals surface area contributed by atoms with Gasteiger partial charge in [0.05, 0.1) is 0 Å². The van der Waals surface area contributed by atoms with Gasteiger partial charge in [0.15, 0.2) is 6.17 Å². The minimum absolute atomic E-state index is 0.224. The lowest BCUT2D eigenvalue weighted by Gasteiger charge is -2.27. The van der Waals surface area contributed by atoms with Crippen molar-refractivity contribution in [3.8, 4) is 0 Å². The number of carbonyl (C=O) groups excluding carboxylic acids is 1. The van der Waals surface area contributed by atoms with Crippen molar-refractivity contribution >= 4 is 5.91 Å². The molecular formula is C8H8F7NO. The summed E-state index contributed by atoms with van der Waals surface area (Å²) in [6, 6.07) is 0. The zero-order chi connectivity index (χ0) is 14.0. The van der Waals surface area contributed by atoms with E-state index in [1.54, 1.807) is 0 Å². The van der Waals surface area contributed by atoms with Gasteiger partial charge in [0.25, 0.3) is 0 Å². The predicted octanol–water partition coefficient (Wildman–Crippen LogP) is 2.29. The Morgan fingerprint density at radius 2 is 1.53 bits per heavy atom. The van der Waals surface area contributed by atoms with Crippen molar-refractivity contribution in [1.29, 1.82) is 0 Å². The molecule has 0 rings (SSSR count). The molecule has 0 aliphatic carbocycles. The number of primary amides is 1. The molecule has 1 atom stereocenters. The molecule has 0 bridgehead atoms. The summed E-state index contributed by atoms with van der Waals surface area (Å²) in [4.78, 5) is 10.4. The molecule has 0 aliphatic rings. The van der Waals surface area contributed by atoms with E-state index < -0.39 is 35.9 Å². The lowest BCUT2D eigenvalue weighted by molar-refractivity contribution is -0.278. The maximum Gasteiger partial charge on any atom is 0.372 e. The SMILES string of the molecule is CC(=CC(F)C(F)(F)C(F)(F)C(F)F)C(N)=O. The fourth-order valence-electron chi connectivity index (χ4n) is 0.736. The Labute approximate surface area is 91.3 Å². The highest BCUT2D eigenvalue weighted by Gasteiger charge is 2.66. The van der Waals surface area contributed by atoms with Gasteiger partial charge in [-0.1, -0.05) is 0 Å². The van der Waals surface area contributed by atoms with Crippen LogP contribution in [0.2, 0.25) is 0 Å². The van der Waals surface area contributed by atoms with Crippen LogP contribution in [-0.2, 0) is 4.79 Å². The van der Waals surface area contributed by atoms with Crippen LogP contribution in [-0.4, -0.2) is 30.3 Å². The minimum atomic E-state index is -5.85. The summed E-state index contributed by atoms with van der Waals surface area (Å²) in [5, 5.41) is 0. The van der Waals surface area contributed by atoms with Gasteiger partial charge < -0.3 is 5.73 Å². The number of rotatable bonds is 5. The molecule has 0 aromatic carbocycles. The molecule has 0 radical (unpaired) electrons. The van der Waals surface area contributed by atoms with Crippen LogP contribution in [0.3, 0.4) is 0 Å². The van der Waals surface area contributed by atoms with Crippen molar-refractivity contribution in [3.63, 3.8) is 0 Å². The van der Waals surface area contributed by atoms with E-state index in [1.807, 2.05) is 0 Å². The molecule has 2 N–H and O–H groups in total. The Morgan fingerprint density at radius 1 is 1.12 bits per heavy atom. The van der Waals surface area contributed by atoms with Crippen LogP contribution in [0, 0.1) is 0 Å². The quantitative estimate of drug-likeness (QED) is 0.602. The van der Waals surface area contributed by atoms with Crippen LogP contribution >= 0.6 is 0 Å². The van der Waals surface area contributed by atoms with Gasteiger partial charge in [0, 0.05) is 5.57 Å². The molecule has 0 aliphatic heterocycles. The van der Waals surface area contributed by atoms with E-state index in [0.29, 0.717) is 0 Å². The zero-order valence-electron chi connectivity index (χ0n) is 8.36. The van der Waals surface area contributed by atoms with Crippen LogP contribution in [0.1, 0.15) is 6.92 Å². The topological polar surface area (TPSA) is 43.1 Å². The predicted molar refractivity (Wildman–Crippen MR) is 43.7 cm³/mol. The van der Waals surface area contributed by atoms with Gasteiger partial charge in [-0.25, -0.2) is 13.2 Å². The van der Waals surface area contributed by atoms with Crippen molar-refractivity contribution in [2.24, 2.45) is 5.73 Å². The fourth-order valence-corrected chi connectivity index (χ4v) is 0.736. The third-order valence-electron chi connectivity index (χ3n) is 1.85. The van der Waals surface area contributed by atoms with Crippen molar-refractivity contribution in [2.75, 3.05) is 0 Å². The Morgan fingerprint density at radius 3 is 1.82 bits per heavy atom. The number of hydrogen-bond donors (Lipinski definition) is 1. The number of alkyl halides is 7. The van der Waals surface area contributed by atoms with Crippen molar-refractivity contribution in [1.82, 2.24) is 0 Å². The molecule has 17 heavy (non-hydrogen) atoms. The van der Waals surface area contributed by atoms with Gasteiger partial charge in [-0.15, -0.1) is 0 Å². The summed E-state index contributed by atoms with van der Waals surface area (Å²) in [5.74, 6) is -12.8. The van der Waals surface area contributed by atoms with Crippen molar-refractivity contribution in [3.05, 3.63) is 11.6 Å². The van der Waals surface area contributed by atoms with Crippen LogP contribution < -0.4 is 5.73 Å².